The van der Waals surface area contributed by atoms with Crippen LogP contribution in [-0.4, -0.2) is 20.3 Å². The van der Waals surface area contributed by atoms with Gasteiger partial charge in [-0.2, -0.15) is 0 Å². The fourth-order valence-corrected chi connectivity index (χ4v) is 3.25. The Morgan fingerprint density at radius 1 is 1.04 bits per heavy atom. The minimum atomic E-state index is 0.0500. The topological polar surface area (TPSA) is 30.5 Å². The van der Waals surface area contributed by atoms with E-state index in [1.807, 2.05) is 13.1 Å². The van der Waals surface area contributed by atoms with Crippen LogP contribution in [0.5, 0.6) is 11.5 Å². The Bertz CT molecular complexity index is 708. The van der Waals surface area contributed by atoms with Gasteiger partial charge in [0.05, 0.1) is 4.47 Å². The Labute approximate surface area is 159 Å². The number of halogens is 1. The van der Waals surface area contributed by atoms with E-state index < -0.39 is 0 Å². The molecule has 0 aromatic heterocycles. The van der Waals surface area contributed by atoms with Crippen LogP contribution in [0.2, 0.25) is 0 Å². The molecule has 0 saturated carbocycles. The van der Waals surface area contributed by atoms with Gasteiger partial charge in [-0.15, -0.1) is 0 Å². The van der Waals surface area contributed by atoms with Gasteiger partial charge in [-0.05, 0) is 64.1 Å². The van der Waals surface area contributed by atoms with E-state index in [-0.39, 0.29) is 5.41 Å². The molecule has 4 heteroatoms. The van der Waals surface area contributed by atoms with Gasteiger partial charge in [0.25, 0.3) is 0 Å². The maximum atomic E-state index is 6.07. The summed E-state index contributed by atoms with van der Waals surface area (Å²) in [6.07, 6.45) is 0. The first kappa shape index (κ1) is 19.8. The van der Waals surface area contributed by atoms with Crippen molar-refractivity contribution in [3.05, 3.63) is 57.6 Å². The number of nitrogens with one attached hydrogen (secondary N) is 1. The van der Waals surface area contributed by atoms with Crippen molar-refractivity contribution in [1.29, 1.82) is 0 Å². The summed E-state index contributed by atoms with van der Waals surface area (Å²) in [5.74, 6) is 1.81. The molecule has 0 saturated heterocycles. The first-order valence-electron chi connectivity index (χ1n) is 8.61. The Morgan fingerprint density at radius 3 is 2.40 bits per heavy atom. The van der Waals surface area contributed by atoms with Gasteiger partial charge in [0.2, 0.25) is 0 Å². The van der Waals surface area contributed by atoms with Gasteiger partial charge in [0.15, 0.2) is 0 Å². The van der Waals surface area contributed by atoms with Gasteiger partial charge in [0, 0.05) is 6.54 Å². The average Bonchev–Trinajstić information content (AvgIpc) is 2.53. The molecule has 2 aromatic carbocycles. The molecule has 0 radical (unpaired) electrons. The molecule has 0 aliphatic carbocycles. The molecule has 0 amide bonds. The summed E-state index contributed by atoms with van der Waals surface area (Å²) < 4.78 is 12.9. The lowest BCUT2D eigenvalue weighted by molar-refractivity contribution is 0.212. The number of hydrogen-bond acceptors (Lipinski definition) is 3. The number of benzene rings is 2. The molecule has 3 nitrogen and oxygen atoms in total. The molecule has 0 bridgehead atoms. The molecule has 0 aliphatic rings. The van der Waals surface area contributed by atoms with E-state index in [4.69, 9.17) is 9.47 Å². The predicted molar refractivity (Wildman–Crippen MR) is 108 cm³/mol. The molecule has 0 unspecified atom stereocenters. The third kappa shape index (κ3) is 5.48. The van der Waals surface area contributed by atoms with Crippen molar-refractivity contribution in [3.8, 4) is 11.5 Å². The van der Waals surface area contributed by atoms with Gasteiger partial charge >= 0.3 is 0 Å². The lowest BCUT2D eigenvalue weighted by Crippen LogP contribution is -2.16. The predicted octanol–water partition coefficient (Wildman–Crippen LogP) is 5.23. The molecule has 0 atom stereocenters. The molecule has 136 valence electrons. The Balaban J connectivity index is 1.96. The Kier molecular flexibility index (Phi) is 6.91. The van der Waals surface area contributed by atoms with Crippen molar-refractivity contribution in [3.63, 3.8) is 0 Å². The van der Waals surface area contributed by atoms with Crippen LogP contribution in [0.15, 0.2) is 40.9 Å². The molecule has 0 heterocycles. The van der Waals surface area contributed by atoms with Crippen molar-refractivity contribution < 1.29 is 9.47 Å². The van der Waals surface area contributed by atoms with Crippen LogP contribution >= 0.6 is 15.9 Å². The van der Waals surface area contributed by atoms with Crippen molar-refractivity contribution in [2.45, 2.75) is 39.7 Å². The minimum absolute atomic E-state index is 0.0500. The van der Waals surface area contributed by atoms with Gasteiger partial charge < -0.3 is 14.8 Å². The highest BCUT2D eigenvalue weighted by atomic mass is 79.9. The maximum Gasteiger partial charge on any atom is 0.133 e. The van der Waals surface area contributed by atoms with Crippen molar-refractivity contribution in [2.24, 2.45) is 0 Å². The van der Waals surface area contributed by atoms with Crippen molar-refractivity contribution >= 4 is 15.9 Å². The highest BCUT2D eigenvalue weighted by Gasteiger charge is 2.20. The van der Waals surface area contributed by atoms with Crippen LogP contribution in [0.1, 0.15) is 37.5 Å². The van der Waals surface area contributed by atoms with Gasteiger partial charge in [-0.1, -0.05) is 45.0 Å². The van der Waals surface area contributed by atoms with Crippen LogP contribution < -0.4 is 14.8 Å². The zero-order chi connectivity index (χ0) is 18.4. The normalized spacial score (nSPS) is 11.4. The molecule has 2 rings (SSSR count). The van der Waals surface area contributed by atoms with Crippen LogP contribution in [0.25, 0.3) is 0 Å². The van der Waals surface area contributed by atoms with E-state index in [0.29, 0.717) is 13.2 Å². The van der Waals surface area contributed by atoms with Gasteiger partial charge in [-0.3, -0.25) is 0 Å². The molecule has 0 spiro atoms. The lowest BCUT2D eigenvalue weighted by atomic mass is 9.85. The SMILES string of the molecule is CNCc1ccc(OCCOc2c(C)cccc2C(C)(C)C)c(Br)c1. The second kappa shape index (κ2) is 8.72. The minimum Gasteiger partial charge on any atom is -0.489 e. The monoisotopic (exact) mass is 405 g/mol. The van der Waals surface area contributed by atoms with Crippen molar-refractivity contribution in [2.75, 3.05) is 20.3 Å². The largest absolute Gasteiger partial charge is 0.489 e. The first-order chi connectivity index (χ1) is 11.8. The number of ether oxygens (including phenoxy) is 2. The smallest absolute Gasteiger partial charge is 0.133 e. The summed E-state index contributed by atoms with van der Waals surface area (Å²) in [6, 6.07) is 12.4. The molecule has 1 N–H and O–H groups in total. The van der Waals surface area contributed by atoms with E-state index in [1.165, 1.54) is 11.1 Å². The summed E-state index contributed by atoms with van der Waals surface area (Å²) in [7, 11) is 1.94. The van der Waals surface area contributed by atoms with Crippen molar-refractivity contribution in [1.82, 2.24) is 5.32 Å². The number of hydrogen-bond donors (Lipinski definition) is 1. The third-order valence-corrected chi connectivity index (χ3v) is 4.60. The first-order valence-corrected chi connectivity index (χ1v) is 9.41. The van der Waals surface area contributed by atoms with Crippen LogP contribution in [0, 0.1) is 6.92 Å². The van der Waals surface area contributed by atoms with Gasteiger partial charge in [-0.25, -0.2) is 0 Å². The molecule has 25 heavy (non-hydrogen) atoms. The zero-order valence-corrected chi connectivity index (χ0v) is 17.4. The van der Waals surface area contributed by atoms with E-state index in [9.17, 15) is 0 Å². The van der Waals surface area contributed by atoms with E-state index in [1.54, 1.807) is 0 Å². The summed E-state index contributed by atoms with van der Waals surface area (Å²) in [4.78, 5) is 0. The van der Waals surface area contributed by atoms with E-state index in [0.717, 1.165) is 28.1 Å². The van der Waals surface area contributed by atoms with Crippen LogP contribution in [0.4, 0.5) is 0 Å². The zero-order valence-electron chi connectivity index (χ0n) is 15.8. The summed E-state index contributed by atoms with van der Waals surface area (Å²) >= 11 is 3.57. The Morgan fingerprint density at radius 2 is 1.76 bits per heavy atom. The summed E-state index contributed by atoms with van der Waals surface area (Å²) in [5, 5.41) is 3.14. The Hall–Kier alpha value is -1.52. The summed E-state index contributed by atoms with van der Waals surface area (Å²) in [5.41, 5.74) is 3.65. The molecule has 0 fully saturated rings. The number of aryl methyl sites for hydroxylation is 1. The van der Waals surface area contributed by atoms with Crippen LogP contribution in [0.3, 0.4) is 0 Å². The second-order valence-electron chi connectivity index (χ2n) is 7.19. The quantitative estimate of drug-likeness (QED) is 0.639. The highest BCUT2D eigenvalue weighted by molar-refractivity contribution is 9.10. The fourth-order valence-electron chi connectivity index (χ4n) is 2.71. The number of rotatable bonds is 7. The third-order valence-electron chi connectivity index (χ3n) is 3.98. The molecular weight excluding hydrogens is 378 g/mol. The number of para-hydroxylation sites is 1. The molecule has 0 aliphatic heterocycles. The molecular formula is C21H28BrNO2. The highest BCUT2D eigenvalue weighted by Crippen LogP contribution is 2.33. The lowest BCUT2D eigenvalue weighted by Gasteiger charge is -2.24. The second-order valence-corrected chi connectivity index (χ2v) is 8.05. The fraction of sp³-hybridized carbons (Fsp3) is 0.429. The molecule has 2 aromatic rings. The van der Waals surface area contributed by atoms with Crippen LogP contribution in [-0.2, 0) is 12.0 Å². The van der Waals surface area contributed by atoms with E-state index in [2.05, 4.69) is 79.3 Å². The maximum absolute atomic E-state index is 6.07. The summed E-state index contributed by atoms with van der Waals surface area (Å²) in [6.45, 7) is 10.5. The standard InChI is InChI=1S/C21H28BrNO2/c1-15-7-6-8-17(21(2,3)4)20(15)25-12-11-24-19-10-9-16(14-23-5)13-18(19)22/h6-10,13,23H,11-12,14H2,1-5H3. The van der Waals surface area contributed by atoms with E-state index >= 15 is 0 Å². The average molecular weight is 406 g/mol. The van der Waals surface area contributed by atoms with Gasteiger partial charge in [0.1, 0.15) is 24.7 Å².